The van der Waals surface area contributed by atoms with Crippen molar-refractivity contribution in [2.24, 2.45) is 0 Å². The summed E-state index contributed by atoms with van der Waals surface area (Å²) in [4.78, 5) is 12.2. The summed E-state index contributed by atoms with van der Waals surface area (Å²) in [7, 11) is 0. The third-order valence-electron chi connectivity index (χ3n) is 4.28. The van der Waals surface area contributed by atoms with E-state index in [1.165, 1.54) is 0 Å². The van der Waals surface area contributed by atoms with Crippen molar-refractivity contribution < 1.29 is 13.9 Å². The highest BCUT2D eigenvalue weighted by Crippen LogP contribution is 2.38. The first-order valence-corrected chi connectivity index (χ1v) is 7.82. The molecule has 0 bridgehead atoms. The van der Waals surface area contributed by atoms with Gasteiger partial charge in [-0.2, -0.15) is 0 Å². The number of fused-ring (bicyclic) bond motifs is 5. The summed E-state index contributed by atoms with van der Waals surface area (Å²) >= 11 is 0. The standard InChI is InChI=1S/C18H17FN2O2/c19-8-3-10-21-14-5-2-1-4-12(14)16-15(21)7-6-13-17(16)23-11-9-20-18(13)22/h1-2,4-7H,3,8-11H2,(H,20,22). The molecule has 2 heterocycles. The Hall–Kier alpha value is -2.56. The van der Waals surface area contributed by atoms with Crippen LogP contribution in [-0.2, 0) is 6.54 Å². The Morgan fingerprint density at radius 1 is 1.17 bits per heavy atom. The number of rotatable bonds is 3. The second-order valence-corrected chi connectivity index (χ2v) is 5.65. The largest absolute Gasteiger partial charge is 0.490 e. The molecule has 2 aromatic carbocycles. The minimum absolute atomic E-state index is 0.111. The molecule has 0 spiro atoms. The molecule has 0 radical (unpaired) electrons. The molecular weight excluding hydrogens is 295 g/mol. The molecule has 5 heteroatoms. The molecule has 0 atom stereocenters. The fourth-order valence-corrected chi connectivity index (χ4v) is 3.31. The van der Waals surface area contributed by atoms with Crippen LogP contribution < -0.4 is 10.1 Å². The first-order valence-electron chi connectivity index (χ1n) is 7.82. The van der Waals surface area contributed by atoms with E-state index in [-0.39, 0.29) is 12.6 Å². The Bertz CT molecular complexity index is 901. The van der Waals surface area contributed by atoms with Crippen LogP contribution in [0.15, 0.2) is 36.4 Å². The smallest absolute Gasteiger partial charge is 0.255 e. The van der Waals surface area contributed by atoms with Gasteiger partial charge in [-0.15, -0.1) is 0 Å². The maximum absolute atomic E-state index is 12.7. The van der Waals surface area contributed by atoms with E-state index in [1.54, 1.807) is 6.07 Å². The van der Waals surface area contributed by atoms with Gasteiger partial charge in [-0.3, -0.25) is 9.18 Å². The molecule has 1 N–H and O–H groups in total. The summed E-state index contributed by atoms with van der Waals surface area (Å²) in [5.74, 6) is 0.521. The highest BCUT2D eigenvalue weighted by Gasteiger charge is 2.22. The van der Waals surface area contributed by atoms with Crippen LogP contribution in [0.4, 0.5) is 4.39 Å². The summed E-state index contributed by atoms with van der Waals surface area (Å²) in [5.41, 5.74) is 2.58. The number of nitrogens with one attached hydrogen (secondary N) is 1. The summed E-state index contributed by atoms with van der Waals surface area (Å²) in [6.45, 7) is 1.20. The van der Waals surface area contributed by atoms with Crippen molar-refractivity contribution in [2.75, 3.05) is 19.8 Å². The van der Waals surface area contributed by atoms with Crippen LogP contribution >= 0.6 is 0 Å². The number of carbonyl (C=O) groups is 1. The van der Waals surface area contributed by atoms with E-state index in [0.29, 0.717) is 37.4 Å². The van der Waals surface area contributed by atoms with Crippen LogP contribution in [0.5, 0.6) is 5.75 Å². The van der Waals surface area contributed by atoms with Crippen molar-refractivity contribution in [3.8, 4) is 5.75 Å². The van der Waals surface area contributed by atoms with Gasteiger partial charge < -0.3 is 14.6 Å². The Balaban J connectivity index is 2.07. The normalized spacial score (nSPS) is 14.4. The quantitative estimate of drug-likeness (QED) is 0.806. The highest BCUT2D eigenvalue weighted by atomic mass is 19.1. The lowest BCUT2D eigenvalue weighted by atomic mass is 10.1. The molecule has 4 rings (SSSR count). The van der Waals surface area contributed by atoms with Crippen LogP contribution in [0.25, 0.3) is 21.8 Å². The number of alkyl halides is 1. The van der Waals surface area contributed by atoms with Crippen LogP contribution in [0.2, 0.25) is 0 Å². The van der Waals surface area contributed by atoms with Crippen LogP contribution in [0.1, 0.15) is 16.8 Å². The molecule has 0 saturated heterocycles. The van der Waals surface area contributed by atoms with Crippen LogP contribution in [0.3, 0.4) is 0 Å². The first-order chi connectivity index (χ1) is 11.3. The minimum Gasteiger partial charge on any atom is -0.490 e. The molecule has 3 aromatic rings. The van der Waals surface area contributed by atoms with E-state index in [4.69, 9.17) is 4.74 Å². The topological polar surface area (TPSA) is 43.3 Å². The van der Waals surface area contributed by atoms with Gasteiger partial charge in [0, 0.05) is 17.4 Å². The second-order valence-electron chi connectivity index (χ2n) is 5.65. The van der Waals surface area contributed by atoms with Gasteiger partial charge in [0.1, 0.15) is 12.4 Å². The van der Waals surface area contributed by atoms with Crippen molar-refractivity contribution in [1.29, 1.82) is 0 Å². The van der Waals surface area contributed by atoms with E-state index in [0.717, 1.165) is 21.8 Å². The SMILES string of the molecule is O=C1NCCOc2c1ccc1c2c2ccccc2n1CCCF. The molecule has 1 aromatic heterocycles. The van der Waals surface area contributed by atoms with Gasteiger partial charge in [0.2, 0.25) is 0 Å². The molecule has 4 nitrogen and oxygen atoms in total. The van der Waals surface area contributed by atoms with Gasteiger partial charge in [-0.1, -0.05) is 18.2 Å². The van der Waals surface area contributed by atoms with E-state index in [1.807, 2.05) is 30.3 Å². The molecule has 1 aliphatic heterocycles. The van der Waals surface area contributed by atoms with E-state index in [2.05, 4.69) is 9.88 Å². The predicted molar refractivity (Wildman–Crippen MR) is 87.9 cm³/mol. The van der Waals surface area contributed by atoms with Crippen molar-refractivity contribution >= 4 is 27.7 Å². The van der Waals surface area contributed by atoms with Crippen LogP contribution in [0, 0.1) is 0 Å². The zero-order valence-electron chi connectivity index (χ0n) is 12.6. The van der Waals surface area contributed by atoms with Gasteiger partial charge in [0.25, 0.3) is 5.91 Å². The van der Waals surface area contributed by atoms with Gasteiger partial charge >= 0.3 is 0 Å². The van der Waals surface area contributed by atoms with Gasteiger partial charge in [0.15, 0.2) is 0 Å². The number of hydrogen-bond donors (Lipinski definition) is 1. The van der Waals surface area contributed by atoms with E-state index >= 15 is 0 Å². The molecule has 1 amide bonds. The number of benzene rings is 2. The summed E-state index contributed by atoms with van der Waals surface area (Å²) in [6.07, 6.45) is 0.464. The zero-order valence-corrected chi connectivity index (χ0v) is 12.6. The molecule has 0 saturated carbocycles. The molecule has 0 unspecified atom stereocenters. The average molecular weight is 312 g/mol. The molecular formula is C18H17FN2O2. The Labute approximate surface area is 132 Å². The van der Waals surface area contributed by atoms with Gasteiger partial charge in [0.05, 0.1) is 29.7 Å². The zero-order chi connectivity index (χ0) is 15.8. The predicted octanol–water partition coefficient (Wildman–Crippen LogP) is 3.28. The average Bonchev–Trinajstić information content (AvgIpc) is 2.78. The number of aryl methyl sites for hydroxylation is 1. The van der Waals surface area contributed by atoms with Crippen molar-refractivity contribution in [1.82, 2.24) is 9.88 Å². The minimum atomic E-state index is -0.349. The lowest BCUT2D eigenvalue weighted by molar-refractivity contribution is 0.0957. The van der Waals surface area contributed by atoms with E-state index in [9.17, 15) is 9.18 Å². The Morgan fingerprint density at radius 3 is 2.91 bits per heavy atom. The maximum atomic E-state index is 12.7. The second kappa shape index (κ2) is 5.57. The fraction of sp³-hybridized carbons (Fsp3) is 0.278. The third kappa shape index (κ3) is 2.15. The number of carbonyl (C=O) groups excluding carboxylic acids is 1. The fourth-order valence-electron chi connectivity index (χ4n) is 3.31. The molecule has 1 aliphatic rings. The van der Waals surface area contributed by atoms with Crippen molar-refractivity contribution in [3.05, 3.63) is 42.0 Å². The number of halogens is 1. The van der Waals surface area contributed by atoms with Crippen molar-refractivity contribution in [3.63, 3.8) is 0 Å². The first kappa shape index (κ1) is 14.1. The number of aromatic nitrogens is 1. The monoisotopic (exact) mass is 312 g/mol. The Morgan fingerprint density at radius 2 is 2.04 bits per heavy atom. The summed E-state index contributed by atoms with van der Waals surface area (Å²) < 4.78 is 20.7. The summed E-state index contributed by atoms with van der Waals surface area (Å²) in [5, 5.41) is 4.81. The molecule has 0 fully saturated rings. The Kier molecular flexibility index (Phi) is 3.41. The number of nitrogens with zero attached hydrogens (tertiary/aromatic N) is 1. The van der Waals surface area contributed by atoms with Gasteiger partial charge in [-0.05, 0) is 24.6 Å². The molecule has 23 heavy (non-hydrogen) atoms. The van der Waals surface area contributed by atoms with Gasteiger partial charge in [-0.25, -0.2) is 0 Å². The highest BCUT2D eigenvalue weighted by molar-refractivity contribution is 6.15. The number of hydrogen-bond acceptors (Lipinski definition) is 2. The van der Waals surface area contributed by atoms with Crippen LogP contribution in [-0.4, -0.2) is 30.3 Å². The molecule has 118 valence electrons. The number of amides is 1. The lowest BCUT2D eigenvalue weighted by Gasteiger charge is -2.09. The third-order valence-corrected chi connectivity index (χ3v) is 4.28. The van der Waals surface area contributed by atoms with E-state index < -0.39 is 0 Å². The lowest BCUT2D eigenvalue weighted by Crippen LogP contribution is -2.24. The maximum Gasteiger partial charge on any atom is 0.255 e. The van der Waals surface area contributed by atoms with Crippen molar-refractivity contribution in [2.45, 2.75) is 13.0 Å². The molecule has 0 aliphatic carbocycles. The number of para-hydroxylation sites is 1. The number of ether oxygens (including phenoxy) is 1. The summed E-state index contributed by atoms with van der Waals surface area (Å²) in [6, 6.07) is 11.7.